The first-order chi connectivity index (χ1) is 14.2. The van der Waals surface area contributed by atoms with Crippen LogP contribution in [-0.2, 0) is 11.3 Å². The second-order valence-corrected chi connectivity index (χ2v) is 7.10. The summed E-state index contributed by atoms with van der Waals surface area (Å²) in [4.78, 5) is 14.9. The highest BCUT2D eigenvalue weighted by molar-refractivity contribution is 5.85. The van der Waals surface area contributed by atoms with Crippen LogP contribution in [0.5, 0.6) is 5.75 Å². The van der Waals surface area contributed by atoms with Gasteiger partial charge in [0.15, 0.2) is 5.82 Å². The second-order valence-electron chi connectivity index (χ2n) is 7.10. The fourth-order valence-electron chi connectivity index (χ4n) is 3.60. The molecule has 1 saturated heterocycles. The highest BCUT2D eigenvalue weighted by Gasteiger charge is 2.31. The molecule has 2 aliphatic rings. The number of fused-ring (bicyclic) bond motifs is 1. The van der Waals surface area contributed by atoms with Crippen LogP contribution in [0.3, 0.4) is 0 Å². The number of phenolic OH excluding ortho intramolecular Hbond substituents is 1. The van der Waals surface area contributed by atoms with Crippen LogP contribution in [0.15, 0.2) is 58.8 Å². The van der Waals surface area contributed by atoms with Gasteiger partial charge in [-0.05, 0) is 30.2 Å². The summed E-state index contributed by atoms with van der Waals surface area (Å²) in [6.07, 6.45) is 5.86. The summed E-state index contributed by atoms with van der Waals surface area (Å²) < 4.78 is 11.4. The fraction of sp³-hybridized carbons (Fsp3) is 0.238. The van der Waals surface area contributed by atoms with Crippen molar-refractivity contribution >= 4 is 17.7 Å². The number of rotatable bonds is 4. The standard InChI is InChI=1S/C21H19N5O3/c1-13-17-6-7-22-9-18(17)23-12-26(13)10-20-24-21(25-29-20)15-8-19(28-11-15)14-2-4-16(27)5-3-14/h2-7,9,12,15,19,27H,1,8,10-11H2/t15-,19+/m0/s1. The Morgan fingerprint density at radius 2 is 2.07 bits per heavy atom. The number of nitrogens with zero attached hydrogens (tertiary/aromatic N) is 5. The lowest BCUT2D eigenvalue weighted by atomic mass is 10.00. The fourth-order valence-corrected chi connectivity index (χ4v) is 3.60. The molecule has 146 valence electrons. The molecule has 1 aromatic carbocycles. The van der Waals surface area contributed by atoms with Gasteiger partial charge in [-0.3, -0.25) is 4.98 Å². The van der Waals surface area contributed by atoms with Crippen molar-refractivity contribution in [2.45, 2.75) is 25.0 Å². The van der Waals surface area contributed by atoms with Crippen molar-refractivity contribution in [3.63, 3.8) is 0 Å². The number of benzene rings is 1. The van der Waals surface area contributed by atoms with Crippen LogP contribution in [0.4, 0.5) is 5.69 Å². The Morgan fingerprint density at radius 1 is 1.21 bits per heavy atom. The Morgan fingerprint density at radius 3 is 2.93 bits per heavy atom. The van der Waals surface area contributed by atoms with Crippen molar-refractivity contribution in [3.8, 4) is 5.75 Å². The van der Waals surface area contributed by atoms with Gasteiger partial charge in [0, 0.05) is 23.4 Å². The first-order valence-electron chi connectivity index (χ1n) is 9.34. The van der Waals surface area contributed by atoms with Gasteiger partial charge in [-0.2, -0.15) is 4.98 Å². The molecule has 5 rings (SSSR count). The lowest BCUT2D eigenvalue weighted by molar-refractivity contribution is 0.110. The third kappa shape index (κ3) is 3.38. The van der Waals surface area contributed by atoms with Crippen molar-refractivity contribution < 1.29 is 14.4 Å². The predicted octanol–water partition coefficient (Wildman–Crippen LogP) is 3.56. The van der Waals surface area contributed by atoms with Gasteiger partial charge in [0.05, 0.1) is 30.9 Å². The molecule has 4 heterocycles. The van der Waals surface area contributed by atoms with Gasteiger partial charge in [0.25, 0.3) is 0 Å². The second kappa shape index (κ2) is 7.14. The summed E-state index contributed by atoms with van der Waals surface area (Å²) in [6, 6.07) is 8.97. The Labute approximate surface area is 167 Å². The molecular formula is C21H19N5O3. The molecule has 1 fully saturated rings. The number of pyridine rings is 1. The van der Waals surface area contributed by atoms with Crippen LogP contribution in [-0.4, -0.2) is 38.1 Å². The molecule has 8 heteroatoms. The molecule has 3 aromatic rings. The van der Waals surface area contributed by atoms with E-state index in [0.29, 0.717) is 24.9 Å². The lowest BCUT2D eigenvalue weighted by Crippen LogP contribution is -2.22. The number of aliphatic imine (C=N–C) groups is 1. The molecule has 1 N–H and O–H groups in total. The van der Waals surface area contributed by atoms with Gasteiger partial charge in [-0.25, -0.2) is 4.99 Å². The summed E-state index contributed by atoms with van der Waals surface area (Å²) in [5.74, 6) is 1.45. The smallest absolute Gasteiger partial charge is 0.246 e. The first kappa shape index (κ1) is 17.6. The van der Waals surface area contributed by atoms with Crippen molar-refractivity contribution in [3.05, 3.63) is 72.1 Å². The highest BCUT2D eigenvalue weighted by Crippen LogP contribution is 2.37. The molecular weight excluding hydrogens is 370 g/mol. The molecule has 0 unspecified atom stereocenters. The average Bonchev–Trinajstić information content (AvgIpc) is 3.41. The molecule has 0 aliphatic carbocycles. The maximum Gasteiger partial charge on any atom is 0.246 e. The Hall–Kier alpha value is -3.52. The molecule has 0 amide bonds. The van der Waals surface area contributed by atoms with Gasteiger partial charge in [0.2, 0.25) is 5.89 Å². The van der Waals surface area contributed by atoms with Crippen molar-refractivity contribution in [1.82, 2.24) is 20.0 Å². The van der Waals surface area contributed by atoms with Gasteiger partial charge < -0.3 is 19.3 Å². The minimum absolute atomic E-state index is 0.0401. The summed E-state index contributed by atoms with van der Waals surface area (Å²) in [5, 5.41) is 13.6. The van der Waals surface area contributed by atoms with E-state index in [-0.39, 0.29) is 17.8 Å². The molecule has 2 aliphatic heterocycles. The number of phenols is 1. The molecule has 0 radical (unpaired) electrons. The van der Waals surface area contributed by atoms with Crippen LogP contribution in [0.2, 0.25) is 0 Å². The zero-order valence-corrected chi connectivity index (χ0v) is 15.6. The first-order valence-corrected chi connectivity index (χ1v) is 9.34. The quantitative estimate of drug-likeness (QED) is 0.729. The summed E-state index contributed by atoms with van der Waals surface area (Å²) >= 11 is 0. The predicted molar refractivity (Wildman–Crippen MR) is 105 cm³/mol. The number of hydrogen-bond acceptors (Lipinski definition) is 8. The number of aromatic nitrogens is 3. The third-order valence-corrected chi connectivity index (χ3v) is 5.21. The Bertz CT molecular complexity index is 1080. The number of hydrogen-bond donors (Lipinski definition) is 1. The topological polar surface area (TPSA) is 96.9 Å². The summed E-state index contributed by atoms with van der Waals surface area (Å²) in [6.45, 7) is 5.07. The monoisotopic (exact) mass is 389 g/mol. The average molecular weight is 389 g/mol. The van der Waals surface area contributed by atoms with Gasteiger partial charge in [-0.15, -0.1) is 0 Å². The van der Waals surface area contributed by atoms with E-state index in [9.17, 15) is 5.11 Å². The minimum Gasteiger partial charge on any atom is -0.508 e. The maximum atomic E-state index is 9.44. The van der Waals surface area contributed by atoms with Crippen molar-refractivity contribution in [2.24, 2.45) is 4.99 Å². The van der Waals surface area contributed by atoms with Crippen LogP contribution >= 0.6 is 0 Å². The van der Waals surface area contributed by atoms with E-state index in [1.54, 1.807) is 30.9 Å². The summed E-state index contributed by atoms with van der Waals surface area (Å²) in [5.41, 5.74) is 3.57. The molecule has 29 heavy (non-hydrogen) atoms. The third-order valence-electron chi connectivity index (χ3n) is 5.21. The van der Waals surface area contributed by atoms with Gasteiger partial charge in [-0.1, -0.05) is 23.9 Å². The molecule has 8 nitrogen and oxygen atoms in total. The maximum absolute atomic E-state index is 9.44. The molecule has 0 saturated carbocycles. The largest absolute Gasteiger partial charge is 0.508 e. The van der Waals surface area contributed by atoms with Crippen LogP contribution in [0.1, 0.15) is 41.3 Å². The van der Waals surface area contributed by atoms with Crippen LogP contribution < -0.4 is 0 Å². The van der Waals surface area contributed by atoms with Crippen molar-refractivity contribution in [1.29, 1.82) is 0 Å². The van der Waals surface area contributed by atoms with Crippen LogP contribution in [0, 0.1) is 0 Å². The van der Waals surface area contributed by atoms with E-state index < -0.39 is 0 Å². The van der Waals surface area contributed by atoms with E-state index in [0.717, 1.165) is 28.9 Å². The lowest BCUT2D eigenvalue weighted by Gasteiger charge is -2.24. The Balaban J connectivity index is 1.26. The molecule has 2 aromatic heterocycles. The van der Waals surface area contributed by atoms with E-state index in [1.807, 2.05) is 23.1 Å². The SMILES string of the molecule is C=C1c2ccncc2N=CN1Cc1nc([C@@H]2CO[C@@H](c3ccc(O)cc3)C2)no1. The summed E-state index contributed by atoms with van der Waals surface area (Å²) in [7, 11) is 0. The normalized spacial score (nSPS) is 20.8. The zero-order chi connectivity index (χ0) is 19.8. The minimum atomic E-state index is -0.0401. The van der Waals surface area contributed by atoms with E-state index >= 15 is 0 Å². The van der Waals surface area contributed by atoms with E-state index in [2.05, 4.69) is 26.7 Å². The van der Waals surface area contributed by atoms with Crippen LogP contribution in [0.25, 0.3) is 5.70 Å². The van der Waals surface area contributed by atoms with Gasteiger partial charge in [0.1, 0.15) is 12.3 Å². The number of ether oxygens (including phenoxy) is 1. The van der Waals surface area contributed by atoms with E-state index in [4.69, 9.17) is 9.26 Å². The highest BCUT2D eigenvalue weighted by atomic mass is 16.5. The number of aromatic hydroxyl groups is 1. The van der Waals surface area contributed by atoms with E-state index in [1.165, 1.54) is 0 Å². The molecule has 2 atom stereocenters. The van der Waals surface area contributed by atoms with Crippen molar-refractivity contribution in [2.75, 3.05) is 6.61 Å². The Kier molecular flexibility index (Phi) is 4.33. The molecule has 0 spiro atoms. The molecule has 0 bridgehead atoms. The zero-order valence-electron chi connectivity index (χ0n) is 15.6. The van der Waals surface area contributed by atoms with Gasteiger partial charge >= 0.3 is 0 Å².